The van der Waals surface area contributed by atoms with Crippen molar-refractivity contribution in [2.24, 2.45) is 0 Å². The molecule has 2 nitrogen and oxygen atoms in total. The van der Waals surface area contributed by atoms with Gasteiger partial charge in [0.15, 0.2) is 37.4 Å². The molecule has 2 heterocycles. The van der Waals surface area contributed by atoms with Gasteiger partial charge in [-0.1, -0.05) is 79.2 Å². The van der Waals surface area contributed by atoms with E-state index in [-0.39, 0.29) is 0 Å². The molecule has 4 aromatic rings. The highest BCUT2D eigenvalue weighted by Crippen LogP contribution is 2.21. The van der Waals surface area contributed by atoms with Gasteiger partial charge in [-0.05, 0) is 112 Å². The van der Waals surface area contributed by atoms with E-state index in [1.807, 2.05) is 24.3 Å². The smallest absolute Gasteiger partial charge is 0.184 e. The molecule has 0 aliphatic heterocycles. The van der Waals surface area contributed by atoms with Crippen LogP contribution in [0.3, 0.4) is 0 Å². The van der Waals surface area contributed by atoms with Crippen molar-refractivity contribution in [3.63, 3.8) is 0 Å². The Labute approximate surface area is 323 Å². The van der Waals surface area contributed by atoms with Gasteiger partial charge in [0, 0.05) is 75.4 Å². The molecule has 0 saturated carbocycles. The number of aryl methyl sites for hydroxylation is 5. The number of fused-ring (bicyclic) bond motifs is 2. The van der Waals surface area contributed by atoms with Crippen LogP contribution >= 0.6 is 31.9 Å². The molecule has 0 fully saturated rings. The SMILES string of the molecule is BrCCC#Cc1ccc(C#CCCBr)cc1.Cc1cc[n+](CCC#Cc2ccc(C#CCC[n+]3ccc4c(c3)CCCC4)cc2)c2c1CCCC2. The van der Waals surface area contributed by atoms with E-state index in [0.29, 0.717) is 0 Å². The topological polar surface area (TPSA) is 7.76 Å². The van der Waals surface area contributed by atoms with E-state index in [4.69, 9.17) is 0 Å². The number of halogens is 2. The number of hydrogen-bond donors (Lipinski definition) is 0. The van der Waals surface area contributed by atoms with Gasteiger partial charge in [-0.3, -0.25) is 0 Å². The molecule has 0 bridgehead atoms. The lowest BCUT2D eigenvalue weighted by atomic mass is 9.92. The van der Waals surface area contributed by atoms with Crippen molar-refractivity contribution in [1.82, 2.24) is 0 Å². The molecule has 0 radical (unpaired) electrons. The van der Waals surface area contributed by atoms with Gasteiger partial charge in [0.25, 0.3) is 0 Å². The number of pyridine rings is 2. The molecule has 2 aliphatic rings. The lowest BCUT2D eigenvalue weighted by Crippen LogP contribution is -2.40. The molecule has 258 valence electrons. The van der Waals surface area contributed by atoms with Crippen LogP contribution in [0.1, 0.15) is 102 Å². The van der Waals surface area contributed by atoms with Gasteiger partial charge >= 0.3 is 0 Å². The average molecular weight is 801 g/mol. The van der Waals surface area contributed by atoms with Crippen molar-refractivity contribution >= 4 is 31.9 Å². The van der Waals surface area contributed by atoms with Crippen LogP contribution in [0.15, 0.2) is 79.3 Å². The fraction of sp³-hybridized carbons (Fsp3) is 0.362. The minimum Gasteiger partial charge on any atom is -0.204 e. The van der Waals surface area contributed by atoms with Crippen molar-refractivity contribution in [2.75, 3.05) is 10.7 Å². The monoisotopic (exact) mass is 798 g/mol. The maximum Gasteiger partial charge on any atom is 0.184 e. The van der Waals surface area contributed by atoms with Gasteiger partial charge in [-0.15, -0.1) is 0 Å². The fourth-order valence-corrected chi connectivity index (χ4v) is 6.88. The Morgan fingerprint density at radius 2 is 1.02 bits per heavy atom. The van der Waals surface area contributed by atoms with E-state index < -0.39 is 0 Å². The molecular formula is C47H48Br2N2+2. The van der Waals surface area contributed by atoms with Crippen LogP contribution in [-0.2, 0) is 38.8 Å². The Balaban J connectivity index is 0.000000265. The number of rotatable bonds is 6. The summed E-state index contributed by atoms with van der Waals surface area (Å²) in [4.78, 5) is 0. The first-order valence-corrected chi connectivity index (χ1v) is 20.7. The summed E-state index contributed by atoms with van der Waals surface area (Å²) in [6, 6.07) is 21.0. The van der Waals surface area contributed by atoms with E-state index in [2.05, 4.69) is 150 Å². The van der Waals surface area contributed by atoms with E-state index in [0.717, 1.165) is 71.7 Å². The summed E-state index contributed by atoms with van der Waals surface area (Å²) in [5.74, 6) is 25.7. The second-order valence-electron chi connectivity index (χ2n) is 13.0. The van der Waals surface area contributed by atoms with Crippen LogP contribution in [0, 0.1) is 54.3 Å². The largest absolute Gasteiger partial charge is 0.204 e. The third-order valence-electron chi connectivity index (χ3n) is 9.22. The summed E-state index contributed by atoms with van der Waals surface area (Å²) in [7, 11) is 0. The van der Waals surface area contributed by atoms with Gasteiger partial charge in [0.1, 0.15) is 0 Å². The number of hydrogen-bond acceptors (Lipinski definition) is 0. The molecular weight excluding hydrogens is 752 g/mol. The van der Waals surface area contributed by atoms with E-state index in [1.54, 1.807) is 5.56 Å². The second-order valence-corrected chi connectivity index (χ2v) is 14.6. The predicted molar refractivity (Wildman–Crippen MR) is 218 cm³/mol. The number of alkyl halides is 2. The fourth-order valence-electron chi connectivity index (χ4n) is 6.48. The van der Waals surface area contributed by atoms with E-state index >= 15 is 0 Å². The predicted octanol–water partition coefficient (Wildman–Crippen LogP) is 9.17. The molecule has 6 rings (SSSR count). The summed E-state index contributed by atoms with van der Waals surface area (Å²) in [6.07, 6.45) is 20.5. The second kappa shape index (κ2) is 21.3. The highest BCUT2D eigenvalue weighted by Gasteiger charge is 2.21. The quantitative estimate of drug-likeness (QED) is 0.105. The highest BCUT2D eigenvalue weighted by molar-refractivity contribution is 9.09. The first-order valence-electron chi connectivity index (χ1n) is 18.4. The zero-order chi connectivity index (χ0) is 35.5. The summed E-state index contributed by atoms with van der Waals surface area (Å²) in [6.45, 7) is 4.17. The summed E-state index contributed by atoms with van der Waals surface area (Å²) >= 11 is 6.69. The normalized spacial score (nSPS) is 12.4. The van der Waals surface area contributed by atoms with Crippen molar-refractivity contribution in [2.45, 2.75) is 97.1 Å². The van der Waals surface area contributed by atoms with Gasteiger partial charge in [0.2, 0.25) is 0 Å². The summed E-state index contributed by atoms with van der Waals surface area (Å²) < 4.78 is 4.72. The van der Waals surface area contributed by atoms with Crippen LogP contribution in [0.5, 0.6) is 0 Å². The molecule has 4 heteroatoms. The maximum atomic E-state index is 3.37. The molecule has 0 spiro atoms. The van der Waals surface area contributed by atoms with E-state index in [9.17, 15) is 0 Å². The van der Waals surface area contributed by atoms with Crippen LogP contribution in [0.2, 0.25) is 0 Å². The third kappa shape index (κ3) is 12.6. The van der Waals surface area contributed by atoms with Gasteiger partial charge in [0.05, 0.1) is 12.8 Å². The molecule has 0 saturated heterocycles. The summed E-state index contributed by atoms with van der Waals surface area (Å²) in [5, 5.41) is 1.85. The van der Waals surface area contributed by atoms with Crippen molar-refractivity contribution in [3.05, 3.63) is 129 Å². The highest BCUT2D eigenvalue weighted by atomic mass is 79.9. The number of nitrogens with zero attached hydrogens (tertiary/aromatic N) is 2. The van der Waals surface area contributed by atoms with Crippen molar-refractivity contribution in [1.29, 1.82) is 0 Å². The van der Waals surface area contributed by atoms with Gasteiger partial charge in [-0.2, -0.15) is 0 Å². The lowest BCUT2D eigenvalue weighted by molar-refractivity contribution is -0.703. The standard InChI is InChI=1S/C33H36N2.C14H12Br2/c1-27-20-25-35(33-15-5-4-14-32(27)33)23-9-7-11-29-18-16-28(17-19-29)10-6-8-22-34-24-21-30-12-2-3-13-31(30)26-34;15-11-3-1-5-13-7-9-14(10-8-13)6-2-4-12-16/h16-21,24-26H,2-5,8-9,12-15,22-23H2,1H3;7-10H,3-4,11-12H2/q+2;. The third-order valence-corrected chi connectivity index (χ3v) is 10.0. The van der Waals surface area contributed by atoms with Crippen molar-refractivity contribution in [3.8, 4) is 47.4 Å². The minimum absolute atomic E-state index is 0.866. The molecule has 0 atom stereocenters. The van der Waals surface area contributed by atoms with Crippen LogP contribution in [-0.4, -0.2) is 10.7 Å². The van der Waals surface area contributed by atoms with Gasteiger partial charge in [-0.25, -0.2) is 9.13 Å². The Kier molecular flexibility index (Phi) is 16.0. The average Bonchev–Trinajstić information content (AvgIpc) is 3.17. The molecule has 0 N–H and O–H groups in total. The first-order chi connectivity index (χ1) is 25.1. The molecule has 51 heavy (non-hydrogen) atoms. The van der Waals surface area contributed by atoms with Gasteiger partial charge < -0.3 is 0 Å². The van der Waals surface area contributed by atoms with E-state index in [1.165, 1.54) is 73.8 Å². The molecule has 0 amide bonds. The van der Waals surface area contributed by atoms with Crippen LogP contribution in [0.4, 0.5) is 0 Å². The van der Waals surface area contributed by atoms with Crippen LogP contribution in [0.25, 0.3) is 0 Å². The molecule has 0 unspecified atom stereocenters. The summed E-state index contributed by atoms with van der Waals surface area (Å²) in [5.41, 5.74) is 11.8. The Bertz CT molecular complexity index is 1950. The molecule has 2 aromatic heterocycles. The van der Waals surface area contributed by atoms with Crippen LogP contribution < -0.4 is 9.13 Å². The molecule has 2 aliphatic carbocycles. The Morgan fingerprint density at radius 1 is 0.529 bits per heavy atom. The zero-order valence-electron chi connectivity index (χ0n) is 30.0. The maximum absolute atomic E-state index is 3.37. The zero-order valence-corrected chi connectivity index (χ0v) is 33.1. The first kappa shape index (κ1) is 38.2. The Morgan fingerprint density at radius 3 is 1.59 bits per heavy atom. The van der Waals surface area contributed by atoms with Crippen molar-refractivity contribution < 1.29 is 9.13 Å². The molecule has 2 aromatic carbocycles. The number of benzene rings is 2. The number of aromatic nitrogens is 2. The lowest BCUT2D eigenvalue weighted by Gasteiger charge is -2.15. The Hall–Kier alpha value is -4.06. The minimum atomic E-state index is 0.866.